The molecule has 0 aromatic heterocycles. The Morgan fingerprint density at radius 3 is 2.29 bits per heavy atom. The minimum Gasteiger partial charge on any atom is -0.378 e. The first kappa shape index (κ1) is 15.0. The number of rotatable bonds is 4. The van der Waals surface area contributed by atoms with Gasteiger partial charge in [-0.15, -0.1) is 0 Å². The molecule has 0 saturated heterocycles. The Labute approximate surface area is 122 Å². The summed E-state index contributed by atoms with van der Waals surface area (Å²) in [6, 6.07) is 10.3. The van der Waals surface area contributed by atoms with E-state index < -0.39 is 11.6 Å². The van der Waals surface area contributed by atoms with Crippen molar-refractivity contribution in [2.24, 2.45) is 0 Å². The van der Waals surface area contributed by atoms with Crippen LogP contribution in [0.3, 0.4) is 0 Å². The first-order chi connectivity index (χ1) is 9.94. The van der Waals surface area contributed by atoms with Gasteiger partial charge in [-0.2, -0.15) is 0 Å². The Balaban J connectivity index is 2.15. The summed E-state index contributed by atoms with van der Waals surface area (Å²) in [4.78, 5) is 11.0. The lowest BCUT2D eigenvalue weighted by molar-refractivity contribution is -0.114. The van der Waals surface area contributed by atoms with E-state index in [0.29, 0.717) is 11.3 Å². The molecule has 1 amide bonds. The van der Waals surface area contributed by atoms with Crippen LogP contribution in [0.25, 0.3) is 0 Å². The average molecular weight is 290 g/mol. The number of benzene rings is 2. The predicted octanol–water partition coefficient (Wildman–Crippen LogP) is 4.10. The van der Waals surface area contributed by atoms with Crippen LogP contribution in [0.4, 0.5) is 20.2 Å². The summed E-state index contributed by atoms with van der Waals surface area (Å²) in [6.45, 7) is 3.23. The number of carbonyl (C=O) groups is 1. The van der Waals surface area contributed by atoms with Gasteiger partial charge in [-0.3, -0.25) is 4.79 Å². The molecule has 110 valence electrons. The van der Waals surface area contributed by atoms with Crippen LogP contribution < -0.4 is 10.6 Å². The largest absolute Gasteiger partial charge is 0.378 e. The quantitative estimate of drug-likeness (QED) is 0.890. The van der Waals surface area contributed by atoms with E-state index in [1.54, 1.807) is 25.1 Å². The molecule has 0 aliphatic carbocycles. The lowest BCUT2D eigenvalue weighted by atomic mass is 10.1. The van der Waals surface area contributed by atoms with Crippen LogP contribution in [-0.2, 0) is 4.79 Å². The van der Waals surface area contributed by atoms with Gasteiger partial charge < -0.3 is 10.6 Å². The van der Waals surface area contributed by atoms with E-state index in [-0.39, 0.29) is 11.9 Å². The molecule has 2 N–H and O–H groups in total. The van der Waals surface area contributed by atoms with Crippen LogP contribution in [0.1, 0.15) is 25.5 Å². The van der Waals surface area contributed by atoms with Crippen molar-refractivity contribution < 1.29 is 13.6 Å². The molecule has 21 heavy (non-hydrogen) atoms. The average Bonchev–Trinajstić information content (AvgIpc) is 2.37. The van der Waals surface area contributed by atoms with Crippen LogP contribution in [0.5, 0.6) is 0 Å². The molecule has 0 fully saturated rings. The molecule has 1 unspecified atom stereocenters. The van der Waals surface area contributed by atoms with Gasteiger partial charge in [0.15, 0.2) is 0 Å². The molecule has 2 rings (SSSR count). The SMILES string of the molecule is CC(=O)Nc1cccc(NC(C)c2cc(F)cc(F)c2)c1. The molecule has 0 spiro atoms. The Morgan fingerprint density at radius 2 is 1.67 bits per heavy atom. The first-order valence-electron chi connectivity index (χ1n) is 6.54. The summed E-state index contributed by atoms with van der Waals surface area (Å²) in [7, 11) is 0. The van der Waals surface area contributed by atoms with Crippen LogP contribution >= 0.6 is 0 Å². The standard InChI is InChI=1S/C16H16F2N2O/c1-10(12-6-13(17)8-14(18)7-12)19-15-4-3-5-16(9-15)20-11(2)21/h3-10,19H,1-2H3,(H,20,21). The number of carbonyl (C=O) groups excluding carboxylic acids is 1. The van der Waals surface area contributed by atoms with Crippen LogP contribution in [0.15, 0.2) is 42.5 Å². The maximum absolute atomic E-state index is 13.2. The van der Waals surface area contributed by atoms with Gasteiger partial charge in [0.25, 0.3) is 0 Å². The molecule has 3 nitrogen and oxygen atoms in total. The summed E-state index contributed by atoms with van der Waals surface area (Å²) in [6.07, 6.45) is 0. The zero-order valence-electron chi connectivity index (χ0n) is 11.8. The normalized spacial score (nSPS) is 11.8. The molecule has 0 bridgehead atoms. The van der Waals surface area contributed by atoms with E-state index in [1.807, 2.05) is 6.07 Å². The highest BCUT2D eigenvalue weighted by Gasteiger charge is 2.09. The van der Waals surface area contributed by atoms with E-state index in [1.165, 1.54) is 19.1 Å². The second-order valence-electron chi connectivity index (χ2n) is 4.83. The number of anilines is 2. The van der Waals surface area contributed by atoms with Gasteiger partial charge >= 0.3 is 0 Å². The van der Waals surface area contributed by atoms with E-state index in [4.69, 9.17) is 0 Å². The fourth-order valence-electron chi connectivity index (χ4n) is 2.05. The Morgan fingerprint density at radius 1 is 1.05 bits per heavy atom. The van der Waals surface area contributed by atoms with Crippen molar-refractivity contribution in [3.63, 3.8) is 0 Å². The third-order valence-corrected chi connectivity index (χ3v) is 2.95. The molecule has 5 heteroatoms. The third-order valence-electron chi connectivity index (χ3n) is 2.95. The van der Waals surface area contributed by atoms with Gasteiger partial charge in [-0.1, -0.05) is 6.07 Å². The van der Waals surface area contributed by atoms with Crippen molar-refractivity contribution in [3.05, 3.63) is 59.7 Å². The summed E-state index contributed by atoms with van der Waals surface area (Å²) in [5.41, 5.74) is 1.92. The zero-order valence-corrected chi connectivity index (χ0v) is 11.8. The number of halogens is 2. The van der Waals surface area contributed by atoms with Crippen molar-refractivity contribution in [2.75, 3.05) is 10.6 Å². The molecule has 0 saturated carbocycles. The molecule has 2 aromatic carbocycles. The second kappa shape index (κ2) is 6.35. The fraction of sp³-hybridized carbons (Fsp3) is 0.188. The number of nitrogens with one attached hydrogen (secondary N) is 2. The van der Waals surface area contributed by atoms with Gasteiger partial charge in [-0.05, 0) is 42.8 Å². The smallest absolute Gasteiger partial charge is 0.221 e. The fourth-order valence-corrected chi connectivity index (χ4v) is 2.05. The highest BCUT2D eigenvalue weighted by molar-refractivity contribution is 5.89. The molecular weight excluding hydrogens is 274 g/mol. The maximum Gasteiger partial charge on any atom is 0.221 e. The number of hydrogen-bond donors (Lipinski definition) is 2. The van der Waals surface area contributed by atoms with Gasteiger partial charge in [0.1, 0.15) is 11.6 Å². The van der Waals surface area contributed by atoms with E-state index in [2.05, 4.69) is 10.6 Å². The molecule has 0 aliphatic heterocycles. The highest BCUT2D eigenvalue weighted by atomic mass is 19.1. The van der Waals surface area contributed by atoms with Crippen molar-refractivity contribution >= 4 is 17.3 Å². The topological polar surface area (TPSA) is 41.1 Å². The molecule has 1 atom stereocenters. The second-order valence-corrected chi connectivity index (χ2v) is 4.83. The van der Waals surface area contributed by atoms with E-state index in [9.17, 15) is 13.6 Å². The number of amides is 1. The predicted molar refractivity (Wildman–Crippen MR) is 79.1 cm³/mol. The van der Waals surface area contributed by atoms with Crippen molar-refractivity contribution in [2.45, 2.75) is 19.9 Å². The molecule has 0 aliphatic rings. The van der Waals surface area contributed by atoms with Crippen LogP contribution in [0.2, 0.25) is 0 Å². The zero-order chi connectivity index (χ0) is 15.4. The van der Waals surface area contributed by atoms with Crippen molar-refractivity contribution in [1.29, 1.82) is 0 Å². The van der Waals surface area contributed by atoms with Gasteiger partial charge in [0.2, 0.25) is 5.91 Å². The summed E-state index contributed by atoms with van der Waals surface area (Å²) >= 11 is 0. The first-order valence-corrected chi connectivity index (χ1v) is 6.54. The Bertz CT molecular complexity index is 638. The lowest BCUT2D eigenvalue weighted by Crippen LogP contribution is -2.09. The Hall–Kier alpha value is -2.43. The monoisotopic (exact) mass is 290 g/mol. The van der Waals surface area contributed by atoms with Gasteiger partial charge in [0.05, 0.1) is 0 Å². The molecule has 0 radical (unpaired) electrons. The minimum absolute atomic E-state index is 0.160. The van der Waals surface area contributed by atoms with Crippen LogP contribution in [0, 0.1) is 11.6 Å². The summed E-state index contributed by atoms with van der Waals surface area (Å²) < 4.78 is 26.4. The Kier molecular flexibility index (Phi) is 4.52. The molecule has 2 aromatic rings. The van der Waals surface area contributed by atoms with E-state index >= 15 is 0 Å². The van der Waals surface area contributed by atoms with Gasteiger partial charge in [-0.25, -0.2) is 8.78 Å². The van der Waals surface area contributed by atoms with Crippen LogP contribution in [-0.4, -0.2) is 5.91 Å². The molecular formula is C16H16F2N2O. The molecule has 0 heterocycles. The van der Waals surface area contributed by atoms with E-state index in [0.717, 1.165) is 11.8 Å². The van der Waals surface area contributed by atoms with Crippen molar-refractivity contribution in [1.82, 2.24) is 0 Å². The lowest BCUT2D eigenvalue weighted by Gasteiger charge is -2.16. The minimum atomic E-state index is -0.606. The maximum atomic E-state index is 13.2. The van der Waals surface area contributed by atoms with Crippen molar-refractivity contribution in [3.8, 4) is 0 Å². The van der Waals surface area contributed by atoms with Gasteiger partial charge in [0, 0.05) is 30.4 Å². The number of hydrogen-bond acceptors (Lipinski definition) is 2. The highest BCUT2D eigenvalue weighted by Crippen LogP contribution is 2.23. The summed E-state index contributed by atoms with van der Waals surface area (Å²) in [5.74, 6) is -1.37. The summed E-state index contributed by atoms with van der Waals surface area (Å²) in [5, 5.41) is 5.82. The third kappa shape index (κ3) is 4.27.